The normalized spacial score (nSPS) is 17.7. The van der Waals surface area contributed by atoms with Gasteiger partial charge in [-0.15, -0.1) is 11.3 Å². The number of anilines is 1. The molecule has 1 fully saturated rings. The summed E-state index contributed by atoms with van der Waals surface area (Å²) in [5.41, 5.74) is 2.08. The largest absolute Gasteiger partial charge is 0.497 e. The molecule has 8 nitrogen and oxygen atoms in total. The van der Waals surface area contributed by atoms with Gasteiger partial charge in [-0.3, -0.25) is 14.4 Å². The number of carbonyl (C=O) groups excluding carboxylic acids is 3. The summed E-state index contributed by atoms with van der Waals surface area (Å²) in [6.07, 6.45) is 2.83. The maximum absolute atomic E-state index is 13.4. The van der Waals surface area contributed by atoms with Gasteiger partial charge in [0.15, 0.2) is 0 Å². The lowest BCUT2D eigenvalue weighted by atomic mass is 9.86. The fraction of sp³-hybridized carbons (Fsp3) is 0.423. The summed E-state index contributed by atoms with van der Waals surface area (Å²) in [7, 11) is 3.00. The lowest BCUT2D eigenvalue weighted by Gasteiger charge is -2.27. The molecule has 0 radical (unpaired) electrons. The topological polar surface area (TPSA) is 89.9 Å². The van der Waals surface area contributed by atoms with Crippen LogP contribution in [0, 0.1) is 5.92 Å². The number of amides is 2. The van der Waals surface area contributed by atoms with Crippen LogP contribution in [0.1, 0.15) is 43.1 Å². The first kappa shape index (κ1) is 24.8. The molecule has 1 saturated carbocycles. The molecule has 0 saturated heterocycles. The molecule has 0 spiro atoms. The number of rotatable bonds is 8. The summed E-state index contributed by atoms with van der Waals surface area (Å²) in [5, 5.41) is 5.08. The lowest BCUT2D eigenvalue weighted by molar-refractivity contribution is -0.146. The number of methoxy groups -OCH3 is 2. The Balaban J connectivity index is 1.51. The molecular weight excluding hydrogens is 466 g/mol. The quantitative estimate of drug-likeness (QED) is 0.471. The molecule has 1 aliphatic rings. The first-order valence-electron chi connectivity index (χ1n) is 11.8. The van der Waals surface area contributed by atoms with Crippen LogP contribution in [0.15, 0.2) is 41.8 Å². The van der Waals surface area contributed by atoms with E-state index in [4.69, 9.17) is 9.47 Å². The predicted octanol–water partition coefficient (Wildman–Crippen LogP) is 4.23. The minimum Gasteiger partial charge on any atom is -0.497 e. The number of nitrogens with one attached hydrogen (secondary N) is 1. The van der Waals surface area contributed by atoms with Crippen LogP contribution in [0.4, 0.5) is 5.69 Å². The van der Waals surface area contributed by atoms with Crippen LogP contribution in [0.2, 0.25) is 0 Å². The number of aromatic nitrogens is 1. The van der Waals surface area contributed by atoms with Gasteiger partial charge >= 0.3 is 5.97 Å². The summed E-state index contributed by atoms with van der Waals surface area (Å²) in [6.45, 7) is 2.46. The highest BCUT2D eigenvalue weighted by Gasteiger charge is 2.29. The van der Waals surface area contributed by atoms with E-state index in [1.165, 1.54) is 7.11 Å². The number of ether oxygens (including phenoxy) is 2. The zero-order valence-electron chi connectivity index (χ0n) is 20.3. The Labute approximate surface area is 208 Å². The van der Waals surface area contributed by atoms with E-state index < -0.39 is 0 Å². The average molecular weight is 498 g/mol. The van der Waals surface area contributed by atoms with Gasteiger partial charge in [-0.1, -0.05) is 6.07 Å². The Morgan fingerprint density at radius 2 is 1.89 bits per heavy atom. The molecule has 3 aromatic rings. The standard InChI is InChI=1S/C26H31N3O5S/c1-4-28(19-6-5-7-20(14-19)33-2)24(30)16-29-21-12-13-35-23(21)15-22(29)25(31)27-18-10-8-17(9-11-18)26(32)34-3/h5-7,12-15,17-18H,4,8-11,16H2,1-3H3,(H,27,31). The van der Waals surface area contributed by atoms with E-state index in [1.807, 2.05) is 48.7 Å². The molecule has 1 aliphatic carbocycles. The van der Waals surface area contributed by atoms with E-state index >= 15 is 0 Å². The Kier molecular flexibility index (Phi) is 7.75. The van der Waals surface area contributed by atoms with Crippen molar-refractivity contribution in [1.29, 1.82) is 0 Å². The molecule has 9 heteroatoms. The zero-order chi connectivity index (χ0) is 24.9. The van der Waals surface area contributed by atoms with Crippen molar-refractivity contribution in [3.63, 3.8) is 0 Å². The third-order valence-corrected chi connectivity index (χ3v) is 7.48. The van der Waals surface area contributed by atoms with Crippen LogP contribution in [0.5, 0.6) is 5.75 Å². The van der Waals surface area contributed by atoms with Gasteiger partial charge < -0.3 is 24.3 Å². The van der Waals surface area contributed by atoms with Crippen LogP contribution < -0.4 is 15.0 Å². The number of fused-ring (bicyclic) bond motifs is 1. The van der Waals surface area contributed by atoms with E-state index in [-0.39, 0.29) is 36.3 Å². The monoisotopic (exact) mass is 497 g/mol. The summed E-state index contributed by atoms with van der Waals surface area (Å²) < 4.78 is 12.9. The highest BCUT2D eigenvalue weighted by molar-refractivity contribution is 7.17. The van der Waals surface area contributed by atoms with Gasteiger partial charge in [0, 0.05) is 24.3 Å². The summed E-state index contributed by atoms with van der Waals surface area (Å²) in [5.74, 6) is 0.0803. The van der Waals surface area contributed by atoms with Gasteiger partial charge in [-0.2, -0.15) is 0 Å². The average Bonchev–Trinajstić information content (AvgIpc) is 3.47. The van der Waals surface area contributed by atoms with Crippen LogP contribution in [0.25, 0.3) is 10.2 Å². The number of esters is 1. The van der Waals surface area contributed by atoms with E-state index in [0.29, 0.717) is 30.8 Å². The van der Waals surface area contributed by atoms with Gasteiger partial charge in [0.25, 0.3) is 5.91 Å². The van der Waals surface area contributed by atoms with Gasteiger partial charge in [0.1, 0.15) is 18.0 Å². The van der Waals surface area contributed by atoms with Crippen molar-refractivity contribution in [2.45, 2.75) is 45.2 Å². The molecule has 0 bridgehead atoms. The van der Waals surface area contributed by atoms with Gasteiger partial charge in [-0.05, 0) is 62.3 Å². The van der Waals surface area contributed by atoms with Crippen LogP contribution in [-0.4, -0.2) is 49.2 Å². The summed E-state index contributed by atoms with van der Waals surface area (Å²) in [6, 6.07) is 11.2. The van der Waals surface area contributed by atoms with Crippen molar-refractivity contribution >= 4 is 45.0 Å². The third-order valence-electron chi connectivity index (χ3n) is 6.63. The molecule has 0 aliphatic heterocycles. The maximum atomic E-state index is 13.4. The molecular formula is C26H31N3O5S. The zero-order valence-corrected chi connectivity index (χ0v) is 21.1. The number of nitrogens with zero attached hydrogens (tertiary/aromatic N) is 2. The molecule has 35 heavy (non-hydrogen) atoms. The first-order chi connectivity index (χ1) is 16.9. The fourth-order valence-electron chi connectivity index (χ4n) is 4.74. The second-order valence-corrected chi connectivity index (χ2v) is 9.62. The highest BCUT2D eigenvalue weighted by atomic mass is 32.1. The Morgan fingerprint density at radius 3 is 2.57 bits per heavy atom. The first-order valence-corrected chi connectivity index (χ1v) is 12.7. The van der Waals surface area contributed by atoms with E-state index in [2.05, 4.69) is 5.32 Å². The molecule has 1 aromatic carbocycles. The molecule has 4 rings (SSSR count). The number of thiophene rings is 1. The van der Waals surface area contributed by atoms with Crippen molar-refractivity contribution in [2.24, 2.45) is 5.92 Å². The minimum atomic E-state index is -0.202. The van der Waals surface area contributed by atoms with Gasteiger partial charge in [-0.25, -0.2) is 0 Å². The maximum Gasteiger partial charge on any atom is 0.308 e. The van der Waals surface area contributed by atoms with E-state index in [1.54, 1.807) is 27.9 Å². The third kappa shape index (κ3) is 5.35. The van der Waals surface area contributed by atoms with E-state index in [9.17, 15) is 14.4 Å². The van der Waals surface area contributed by atoms with Crippen LogP contribution in [0.3, 0.4) is 0 Å². The predicted molar refractivity (Wildman–Crippen MR) is 136 cm³/mol. The second kappa shape index (κ2) is 10.9. The van der Waals surface area contributed by atoms with Crippen molar-refractivity contribution in [3.8, 4) is 5.75 Å². The fourth-order valence-corrected chi connectivity index (χ4v) is 5.56. The van der Waals surface area contributed by atoms with E-state index in [0.717, 1.165) is 28.7 Å². The summed E-state index contributed by atoms with van der Waals surface area (Å²) >= 11 is 1.54. The molecule has 0 atom stereocenters. The number of hydrogen-bond donors (Lipinski definition) is 1. The molecule has 1 N–H and O–H groups in total. The van der Waals surface area contributed by atoms with Crippen molar-refractivity contribution < 1.29 is 23.9 Å². The van der Waals surface area contributed by atoms with Crippen molar-refractivity contribution in [2.75, 3.05) is 25.7 Å². The second-order valence-electron chi connectivity index (χ2n) is 8.67. The molecule has 2 heterocycles. The number of hydrogen-bond acceptors (Lipinski definition) is 6. The Bertz CT molecular complexity index is 1210. The smallest absolute Gasteiger partial charge is 0.308 e. The number of carbonyl (C=O) groups is 3. The molecule has 2 aromatic heterocycles. The number of likely N-dealkylation sites (N-methyl/N-ethyl adjacent to an activating group) is 1. The SMILES string of the molecule is CCN(C(=O)Cn1c(C(=O)NC2CCC(C(=O)OC)CC2)cc2sccc21)c1cccc(OC)c1. The van der Waals surface area contributed by atoms with Crippen molar-refractivity contribution in [1.82, 2.24) is 9.88 Å². The van der Waals surface area contributed by atoms with Gasteiger partial charge in [0.05, 0.1) is 30.4 Å². The summed E-state index contributed by atoms with van der Waals surface area (Å²) in [4.78, 5) is 40.2. The lowest BCUT2D eigenvalue weighted by Crippen LogP contribution is -2.40. The minimum absolute atomic E-state index is 0.00980. The Hall–Kier alpha value is -3.33. The van der Waals surface area contributed by atoms with Crippen LogP contribution in [-0.2, 0) is 20.9 Å². The Morgan fingerprint density at radius 1 is 1.11 bits per heavy atom. The number of benzene rings is 1. The highest BCUT2D eigenvalue weighted by Crippen LogP contribution is 2.29. The van der Waals surface area contributed by atoms with Crippen molar-refractivity contribution in [3.05, 3.63) is 47.5 Å². The molecule has 0 unspecified atom stereocenters. The van der Waals surface area contributed by atoms with Gasteiger partial charge in [0.2, 0.25) is 5.91 Å². The van der Waals surface area contributed by atoms with Crippen LogP contribution >= 0.6 is 11.3 Å². The molecule has 186 valence electrons. The molecule has 2 amide bonds.